The van der Waals surface area contributed by atoms with Crippen LogP contribution in [0, 0.1) is 12.7 Å². The molecule has 0 saturated carbocycles. The van der Waals surface area contributed by atoms with Gasteiger partial charge in [0.05, 0.1) is 6.20 Å². The van der Waals surface area contributed by atoms with E-state index in [-0.39, 0.29) is 17.4 Å². The minimum absolute atomic E-state index is 0.0650. The van der Waals surface area contributed by atoms with E-state index in [1.807, 2.05) is 6.92 Å². The highest BCUT2D eigenvalue weighted by Gasteiger charge is 2.16. The summed E-state index contributed by atoms with van der Waals surface area (Å²) in [5, 5.41) is 0.0650. The van der Waals surface area contributed by atoms with Crippen LogP contribution in [0.15, 0.2) is 29.4 Å². The quantitative estimate of drug-likeness (QED) is 0.856. The molecule has 0 aliphatic rings. The molecule has 0 atom stereocenters. The first-order valence-corrected chi connectivity index (χ1v) is 8.19. The van der Waals surface area contributed by atoms with Crippen molar-refractivity contribution in [3.05, 3.63) is 47.2 Å². The zero-order chi connectivity index (χ0) is 15.5. The van der Waals surface area contributed by atoms with Gasteiger partial charge in [0.15, 0.2) is 5.03 Å². The van der Waals surface area contributed by atoms with E-state index < -0.39 is 10.0 Å². The Morgan fingerprint density at radius 2 is 2.14 bits per heavy atom. The van der Waals surface area contributed by atoms with Gasteiger partial charge in [-0.3, -0.25) is 0 Å². The Kier molecular flexibility index (Phi) is 4.74. The van der Waals surface area contributed by atoms with Crippen molar-refractivity contribution < 1.29 is 12.8 Å². The largest absolute Gasteiger partial charge is 0.332 e. The van der Waals surface area contributed by atoms with Crippen LogP contribution < -0.4 is 4.72 Å². The summed E-state index contributed by atoms with van der Waals surface area (Å²) in [6, 6.07) is 4.48. The molecule has 0 aliphatic heterocycles. The predicted octanol–water partition coefficient (Wildman–Crippen LogP) is 1.94. The fourth-order valence-corrected chi connectivity index (χ4v) is 2.97. The van der Waals surface area contributed by atoms with Crippen molar-refractivity contribution in [2.75, 3.05) is 6.54 Å². The first-order chi connectivity index (χ1) is 9.92. The maximum absolute atomic E-state index is 13.0. The number of hydrogen-bond acceptors (Lipinski definition) is 3. The van der Waals surface area contributed by atoms with Crippen LogP contribution in [-0.2, 0) is 22.9 Å². The third-order valence-electron chi connectivity index (χ3n) is 3.22. The predicted molar refractivity (Wildman–Crippen MR) is 78.0 cm³/mol. The highest BCUT2D eigenvalue weighted by Crippen LogP contribution is 2.11. The van der Waals surface area contributed by atoms with Gasteiger partial charge in [0.25, 0.3) is 10.0 Å². The lowest BCUT2D eigenvalue weighted by atomic mass is 10.1. The van der Waals surface area contributed by atoms with Gasteiger partial charge >= 0.3 is 0 Å². The van der Waals surface area contributed by atoms with Crippen molar-refractivity contribution in [1.82, 2.24) is 14.7 Å². The van der Waals surface area contributed by atoms with Gasteiger partial charge in [0, 0.05) is 13.0 Å². The highest BCUT2D eigenvalue weighted by molar-refractivity contribution is 7.89. The number of halogens is 1. The Hall–Kier alpha value is -1.73. The third kappa shape index (κ3) is 3.89. The van der Waals surface area contributed by atoms with Crippen molar-refractivity contribution >= 4 is 10.0 Å². The minimum Gasteiger partial charge on any atom is -0.332 e. The number of hydrogen-bond donors (Lipinski definition) is 2. The molecule has 1 heterocycles. The zero-order valence-electron chi connectivity index (χ0n) is 12.0. The molecule has 21 heavy (non-hydrogen) atoms. The summed E-state index contributed by atoms with van der Waals surface area (Å²) >= 11 is 0. The molecule has 0 saturated heterocycles. The van der Waals surface area contributed by atoms with Crippen molar-refractivity contribution in [2.45, 2.75) is 31.7 Å². The van der Waals surface area contributed by atoms with Gasteiger partial charge in [0.1, 0.15) is 11.6 Å². The van der Waals surface area contributed by atoms with Gasteiger partial charge < -0.3 is 4.98 Å². The summed E-state index contributed by atoms with van der Waals surface area (Å²) in [5.74, 6) is 0.339. The molecule has 5 nitrogen and oxygen atoms in total. The number of aryl methyl sites for hydroxylation is 2. The SMILES string of the molecule is CCc1ncc(S(=O)(=O)NCCc2ccc(F)cc2C)[nH]1. The fraction of sp³-hybridized carbons (Fsp3) is 0.357. The maximum atomic E-state index is 13.0. The lowest BCUT2D eigenvalue weighted by Crippen LogP contribution is -2.26. The summed E-state index contributed by atoms with van der Waals surface area (Å²) in [6.45, 7) is 3.94. The number of aromatic amines is 1. The average Bonchev–Trinajstić information content (AvgIpc) is 2.91. The molecule has 114 valence electrons. The van der Waals surface area contributed by atoms with Gasteiger partial charge in [-0.05, 0) is 36.6 Å². The van der Waals surface area contributed by atoms with Crippen LogP contribution in [-0.4, -0.2) is 24.9 Å². The Labute approximate surface area is 123 Å². The number of imidazole rings is 1. The van der Waals surface area contributed by atoms with Gasteiger partial charge in [-0.25, -0.2) is 22.5 Å². The number of sulfonamides is 1. The highest BCUT2D eigenvalue weighted by atomic mass is 32.2. The van der Waals surface area contributed by atoms with E-state index in [9.17, 15) is 12.8 Å². The van der Waals surface area contributed by atoms with Gasteiger partial charge in [-0.15, -0.1) is 0 Å². The molecule has 0 aliphatic carbocycles. The number of rotatable bonds is 6. The number of nitrogens with one attached hydrogen (secondary N) is 2. The smallest absolute Gasteiger partial charge is 0.257 e. The molecule has 0 radical (unpaired) electrons. The van der Waals surface area contributed by atoms with E-state index in [4.69, 9.17) is 0 Å². The van der Waals surface area contributed by atoms with E-state index in [1.165, 1.54) is 18.3 Å². The second-order valence-electron chi connectivity index (χ2n) is 4.77. The molecule has 1 aromatic heterocycles. The summed E-state index contributed by atoms with van der Waals surface area (Å²) in [7, 11) is -3.58. The van der Waals surface area contributed by atoms with E-state index in [0.29, 0.717) is 18.7 Å². The van der Waals surface area contributed by atoms with Crippen LogP contribution in [0.2, 0.25) is 0 Å². The summed E-state index contributed by atoms with van der Waals surface area (Å²) < 4.78 is 39.6. The first kappa shape index (κ1) is 15.7. The zero-order valence-corrected chi connectivity index (χ0v) is 12.8. The first-order valence-electron chi connectivity index (χ1n) is 6.71. The Balaban J connectivity index is 1.99. The third-order valence-corrected chi connectivity index (χ3v) is 4.59. The molecule has 0 unspecified atom stereocenters. The van der Waals surface area contributed by atoms with Crippen LogP contribution in [0.5, 0.6) is 0 Å². The summed E-state index contributed by atoms with van der Waals surface area (Å²) in [5.41, 5.74) is 1.72. The molecule has 0 spiro atoms. The Morgan fingerprint density at radius 1 is 1.38 bits per heavy atom. The van der Waals surface area contributed by atoms with Crippen LogP contribution in [0.4, 0.5) is 4.39 Å². The van der Waals surface area contributed by atoms with E-state index in [0.717, 1.165) is 11.1 Å². The lowest BCUT2D eigenvalue weighted by molar-refractivity contribution is 0.578. The second kappa shape index (κ2) is 6.36. The molecule has 0 amide bonds. The molecule has 2 rings (SSSR count). The monoisotopic (exact) mass is 311 g/mol. The van der Waals surface area contributed by atoms with Crippen molar-refractivity contribution in [2.24, 2.45) is 0 Å². The number of aromatic nitrogens is 2. The van der Waals surface area contributed by atoms with Crippen molar-refractivity contribution in [3.8, 4) is 0 Å². The van der Waals surface area contributed by atoms with E-state index >= 15 is 0 Å². The average molecular weight is 311 g/mol. The fourth-order valence-electron chi connectivity index (χ4n) is 2.00. The molecule has 2 aromatic rings. The Morgan fingerprint density at radius 3 is 2.76 bits per heavy atom. The molecule has 0 fully saturated rings. The molecular formula is C14H18FN3O2S. The molecule has 2 N–H and O–H groups in total. The van der Waals surface area contributed by atoms with Crippen LogP contribution in [0.3, 0.4) is 0 Å². The Bertz CT molecular complexity index is 726. The van der Waals surface area contributed by atoms with Gasteiger partial charge in [-0.1, -0.05) is 13.0 Å². The van der Waals surface area contributed by atoms with Crippen LogP contribution in [0.25, 0.3) is 0 Å². The van der Waals surface area contributed by atoms with Crippen LogP contribution >= 0.6 is 0 Å². The summed E-state index contributed by atoms with van der Waals surface area (Å²) in [6.07, 6.45) is 2.45. The molecule has 0 bridgehead atoms. The van der Waals surface area contributed by atoms with E-state index in [2.05, 4.69) is 14.7 Å². The summed E-state index contributed by atoms with van der Waals surface area (Å²) in [4.78, 5) is 6.73. The number of benzene rings is 1. The topological polar surface area (TPSA) is 74.8 Å². The maximum Gasteiger partial charge on any atom is 0.257 e. The van der Waals surface area contributed by atoms with Gasteiger partial charge in [0.2, 0.25) is 0 Å². The molecular weight excluding hydrogens is 293 g/mol. The molecule has 7 heteroatoms. The van der Waals surface area contributed by atoms with Gasteiger partial charge in [-0.2, -0.15) is 0 Å². The van der Waals surface area contributed by atoms with Crippen molar-refractivity contribution in [1.29, 1.82) is 0 Å². The molecule has 1 aromatic carbocycles. The number of nitrogens with zero attached hydrogens (tertiary/aromatic N) is 1. The minimum atomic E-state index is -3.58. The normalized spacial score (nSPS) is 11.8. The standard InChI is InChI=1S/C14H18FN3O2S/c1-3-13-16-9-14(18-13)21(19,20)17-7-6-11-4-5-12(15)8-10(11)2/h4-5,8-9,17H,3,6-7H2,1-2H3,(H,16,18). The lowest BCUT2D eigenvalue weighted by Gasteiger charge is -2.07. The van der Waals surface area contributed by atoms with Crippen LogP contribution in [0.1, 0.15) is 23.9 Å². The van der Waals surface area contributed by atoms with Crippen molar-refractivity contribution in [3.63, 3.8) is 0 Å². The van der Waals surface area contributed by atoms with E-state index in [1.54, 1.807) is 13.0 Å². The second-order valence-corrected chi connectivity index (χ2v) is 6.50. The number of H-pyrrole nitrogens is 1.